The Hall–Kier alpha value is -0.820. The van der Waals surface area contributed by atoms with E-state index in [1.54, 1.807) is 0 Å². The van der Waals surface area contributed by atoms with E-state index in [2.05, 4.69) is 59.3 Å². The Bertz CT molecular complexity index is 526. The number of hydrogen-bond acceptors (Lipinski definition) is 0. The van der Waals surface area contributed by atoms with Gasteiger partial charge in [0.1, 0.15) is 0 Å². The average Bonchev–Trinajstić information content (AvgIpc) is 3.13. The normalized spacial score (nSPS) is 17.6. The van der Waals surface area contributed by atoms with Crippen molar-refractivity contribution in [1.29, 1.82) is 0 Å². The van der Waals surface area contributed by atoms with E-state index in [9.17, 15) is 0 Å². The molecule has 0 aliphatic heterocycles. The highest BCUT2D eigenvalue weighted by atomic mass is 79.9. The van der Waals surface area contributed by atoms with Gasteiger partial charge in [0.05, 0.1) is 0 Å². The Kier molecular flexibility index (Phi) is 2.51. The zero-order chi connectivity index (χ0) is 11.1. The Balaban J connectivity index is 2.20. The van der Waals surface area contributed by atoms with Crippen LogP contribution in [0.15, 0.2) is 36.4 Å². The number of benzene rings is 2. The molecule has 0 saturated heterocycles. The number of alkyl halides is 1. The Morgan fingerprint density at radius 1 is 1.06 bits per heavy atom. The minimum absolute atomic E-state index is 0.540. The van der Waals surface area contributed by atoms with Crippen LogP contribution >= 0.6 is 15.9 Å². The predicted molar refractivity (Wildman–Crippen MR) is 73.1 cm³/mol. The van der Waals surface area contributed by atoms with Crippen LogP contribution < -0.4 is 0 Å². The van der Waals surface area contributed by atoms with Gasteiger partial charge in [-0.25, -0.2) is 0 Å². The summed E-state index contributed by atoms with van der Waals surface area (Å²) < 4.78 is 0. The highest BCUT2D eigenvalue weighted by molar-refractivity contribution is 9.09. The molecule has 0 heterocycles. The van der Waals surface area contributed by atoms with Crippen molar-refractivity contribution in [3.8, 4) is 0 Å². The van der Waals surface area contributed by atoms with E-state index in [-0.39, 0.29) is 0 Å². The second-order valence-corrected chi connectivity index (χ2v) is 5.74. The second-order valence-electron chi connectivity index (χ2n) is 4.76. The fraction of sp³-hybridized carbons (Fsp3) is 0.333. The van der Waals surface area contributed by atoms with Gasteiger partial charge in [-0.15, -0.1) is 0 Å². The highest BCUT2D eigenvalue weighted by Gasteiger charge is 2.31. The molecular formula is C15H15Br. The lowest BCUT2D eigenvalue weighted by Gasteiger charge is -2.13. The van der Waals surface area contributed by atoms with Gasteiger partial charge in [0.15, 0.2) is 0 Å². The van der Waals surface area contributed by atoms with E-state index in [0.717, 1.165) is 5.92 Å². The smallest absolute Gasteiger partial charge is 0.0429 e. The van der Waals surface area contributed by atoms with E-state index < -0.39 is 0 Å². The standard InChI is InChI=1S/C15H15Br/c1-10-6-9-14(15(16)11-7-8-11)13-5-3-2-4-12(10)13/h2-6,9,11,15H,7-8H2,1H3. The Labute approximate surface area is 105 Å². The van der Waals surface area contributed by atoms with E-state index in [1.807, 2.05) is 0 Å². The lowest BCUT2D eigenvalue weighted by molar-refractivity contribution is 0.828. The first-order valence-electron chi connectivity index (χ1n) is 5.89. The molecule has 0 amide bonds. The second kappa shape index (κ2) is 3.89. The van der Waals surface area contributed by atoms with Gasteiger partial charge in [-0.2, -0.15) is 0 Å². The lowest BCUT2D eigenvalue weighted by atomic mass is 9.97. The zero-order valence-corrected chi connectivity index (χ0v) is 11.0. The topological polar surface area (TPSA) is 0 Å². The molecule has 1 aliphatic carbocycles. The predicted octanol–water partition coefficient (Wildman–Crippen LogP) is 4.99. The molecule has 1 atom stereocenters. The maximum Gasteiger partial charge on any atom is 0.0429 e. The van der Waals surface area contributed by atoms with Crippen LogP contribution in [0.1, 0.15) is 28.8 Å². The summed E-state index contributed by atoms with van der Waals surface area (Å²) in [5.74, 6) is 0.853. The van der Waals surface area contributed by atoms with Gasteiger partial charge in [-0.05, 0) is 47.6 Å². The number of halogens is 1. The summed E-state index contributed by atoms with van der Waals surface area (Å²) in [5.41, 5.74) is 2.83. The molecule has 1 saturated carbocycles. The van der Waals surface area contributed by atoms with Gasteiger partial charge in [0, 0.05) is 4.83 Å². The fourth-order valence-electron chi connectivity index (χ4n) is 2.36. The maximum absolute atomic E-state index is 3.86. The van der Waals surface area contributed by atoms with Crippen molar-refractivity contribution in [1.82, 2.24) is 0 Å². The van der Waals surface area contributed by atoms with Crippen molar-refractivity contribution in [3.05, 3.63) is 47.5 Å². The van der Waals surface area contributed by atoms with E-state index in [0.29, 0.717) is 4.83 Å². The van der Waals surface area contributed by atoms with Crippen molar-refractivity contribution < 1.29 is 0 Å². The molecule has 0 N–H and O–H groups in total. The van der Waals surface area contributed by atoms with Crippen molar-refractivity contribution in [2.45, 2.75) is 24.6 Å². The Morgan fingerprint density at radius 2 is 1.75 bits per heavy atom. The largest absolute Gasteiger partial charge is 0.0836 e. The molecule has 2 aromatic rings. The summed E-state index contributed by atoms with van der Waals surface area (Å²) in [7, 11) is 0. The Morgan fingerprint density at radius 3 is 2.44 bits per heavy atom. The zero-order valence-electron chi connectivity index (χ0n) is 9.41. The molecule has 1 heteroatoms. The minimum Gasteiger partial charge on any atom is -0.0836 e. The van der Waals surface area contributed by atoms with Crippen LogP contribution in [0.2, 0.25) is 0 Å². The van der Waals surface area contributed by atoms with E-state index in [1.165, 1.54) is 34.7 Å². The molecule has 3 rings (SSSR count). The van der Waals surface area contributed by atoms with Gasteiger partial charge in [0.2, 0.25) is 0 Å². The van der Waals surface area contributed by atoms with Crippen LogP contribution in [-0.4, -0.2) is 0 Å². The quantitative estimate of drug-likeness (QED) is 0.677. The molecule has 0 aromatic heterocycles. The first-order valence-corrected chi connectivity index (χ1v) is 6.81. The minimum atomic E-state index is 0.540. The van der Waals surface area contributed by atoms with E-state index in [4.69, 9.17) is 0 Å². The fourth-order valence-corrected chi connectivity index (χ4v) is 3.28. The van der Waals surface area contributed by atoms with Crippen molar-refractivity contribution in [2.75, 3.05) is 0 Å². The molecule has 16 heavy (non-hydrogen) atoms. The van der Waals surface area contributed by atoms with Gasteiger partial charge in [0.25, 0.3) is 0 Å². The molecule has 1 unspecified atom stereocenters. The van der Waals surface area contributed by atoms with Crippen LogP contribution in [0.3, 0.4) is 0 Å². The maximum atomic E-state index is 3.86. The molecule has 2 aromatic carbocycles. The number of hydrogen-bond donors (Lipinski definition) is 0. The number of fused-ring (bicyclic) bond motifs is 1. The van der Waals surface area contributed by atoms with Gasteiger partial charge in [-0.3, -0.25) is 0 Å². The van der Waals surface area contributed by atoms with Crippen LogP contribution in [0.25, 0.3) is 10.8 Å². The van der Waals surface area contributed by atoms with Crippen LogP contribution in [0, 0.1) is 12.8 Å². The third kappa shape index (κ3) is 1.67. The molecular weight excluding hydrogens is 260 g/mol. The van der Waals surface area contributed by atoms with Gasteiger partial charge >= 0.3 is 0 Å². The molecule has 1 fully saturated rings. The molecule has 82 valence electrons. The molecule has 0 radical (unpaired) electrons. The summed E-state index contributed by atoms with van der Waals surface area (Å²) in [6.45, 7) is 2.19. The summed E-state index contributed by atoms with van der Waals surface area (Å²) in [5, 5.41) is 2.81. The van der Waals surface area contributed by atoms with Crippen LogP contribution in [-0.2, 0) is 0 Å². The number of aryl methyl sites for hydroxylation is 1. The van der Waals surface area contributed by atoms with E-state index >= 15 is 0 Å². The number of rotatable bonds is 2. The SMILES string of the molecule is Cc1ccc(C(Br)C2CC2)c2ccccc12. The van der Waals surface area contributed by atoms with Crippen molar-refractivity contribution in [2.24, 2.45) is 5.92 Å². The first-order chi connectivity index (χ1) is 7.77. The monoisotopic (exact) mass is 274 g/mol. The summed E-state index contributed by atoms with van der Waals surface area (Å²) in [4.78, 5) is 0.540. The van der Waals surface area contributed by atoms with Crippen LogP contribution in [0.4, 0.5) is 0 Å². The third-order valence-corrected chi connectivity index (χ3v) is 4.75. The van der Waals surface area contributed by atoms with Gasteiger partial charge in [-0.1, -0.05) is 52.3 Å². The lowest BCUT2D eigenvalue weighted by Crippen LogP contribution is -1.94. The van der Waals surface area contributed by atoms with Crippen LogP contribution in [0.5, 0.6) is 0 Å². The average molecular weight is 275 g/mol. The molecule has 1 aliphatic rings. The molecule has 0 nitrogen and oxygen atoms in total. The highest BCUT2D eigenvalue weighted by Crippen LogP contribution is 2.48. The van der Waals surface area contributed by atoms with Crippen molar-refractivity contribution in [3.63, 3.8) is 0 Å². The summed E-state index contributed by atoms with van der Waals surface area (Å²) >= 11 is 3.86. The van der Waals surface area contributed by atoms with Crippen molar-refractivity contribution >= 4 is 26.7 Å². The molecule has 0 bridgehead atoms. The third-order valence-electron chi connectivity index (χ3n) is 3.51. The van der Waals surface area contributed by atoms with Gasteiger partial charge < -0.3 is 0 Å². The summed E-state index contributed by atoms with van der Waals surface area (Å²) in [6, 6.07) is 13.3. The first kappa shape index (κ1) is 10.3. The summed E-state index contributed by atoms with van der Waals surface area (Å²) in [6.07, 6.45) is 2.75. The molecule has 0 spiro atoms.